The number of likely N-dealkylation sites (N-methyl/N-ethyl adjacent to an activating group) is 1. The van der Waals surface area contributed by atoms with Crippen molar-refractivity contribution in [1.82, 2.24) is 5.32 Å². The van der Waals surface area contributed by atoms with Crippen LogP contribution < -0.4 is 15.0 Å². The van der Waals surface area contributed by atoms with E-state index in [0.717, 1.165) is 17.0 Å². The van der Waals surface area contributed by atoms with E-state index in [1.165, 1.54) is 0 Å². The van der Waals surface area contributed by atoms with E-state index in [1.807, 2.05) is 18.2 Å². The van der Waals surface area contributed by atoms with Crippen molar-refractivity contribution in [3.05, 3.63) is 23.8 Å². The van der Waals surface area contributed by atoms with Crippen LogP contribution in [0.4, 0.5) is 5.69 Å². The van der Waals surface area contributed by atoms with Crippen molar-refractivity contribution < 1.29 is 14.6 Å². The number of amides is 1. The Labute approximate surface area is 100.0 Å². The summed E-state index contributed by atoms with van der Waals surface area (Å²) in [6.07, 6.45) is 0. The maximum atomic E-state index is 12.1. The molecule has 0 spiro atoms. The van der Waals surface area contributed by atoms with Crippen molar-refractivity contribution in [2.24, 2.45) is 0 Å². The first-order chi connectivity index (χ1) is 8.22. The molecular formula is C12H16N2O3. The Morgan fingerprint density at radius 1 is 1.53 bits per heavy atom. The van der Waals surface area contributed by atoms with E-state index >= 15 is 0 Å². The number of fused-ring (bicyclic) bond motifs is 1. The molecule has 1 aromatic rings. The Hall–Kier alpha value is -1.59. The second-order valence-electron chi connectivity index (χ2n) is 3.86. The van der Waals surface area contributed by atoms with Gasteiger partial charge in [0, 0.05) is 17.8 Å². The van der Waals surface area contributed by atoms with Crippen molar-refractivity contribution in [2.45, 2.75) is 6.04 Å². The third-order valence-corrected chi connectivity index (χ3v) is 2.96. The minimum absolute atomic E-state index is 0.0372. The third kappa shape index (κ3) is 1.87. The number of anilines is 1. The molecule has 5 heteroatoms. The Morgan fingerprint density at radius 3 is 2.88 bits per heavy atom. The predicted octanol–water partition coefficient (Wildman–Crippen LogP) is 0.295. The number of ether oxygens (including phenoxy) is 1. The molecule has 0 radical (unpaired) electrons. The van der Waals surface area contributed by atoms with Gasteiger partial charge >= 0.3 is 0 Å². The number of nitrogens with one attached hydrogen (secondary N) is 1. The summed E-state index contributed by atoms with van der Waals surface area (Å²) in [4.78, 5) is 13.7. The summed E-state index contributed by atoms with van der Waals surface area (Å²) in [5.41, 5.74) is 1.73. The van der Waals surface area contributed by atoms with E-state index in [9.17, 15) is 4.79 Å². The highest BCUT2D eigenvalue weighted by molar-refractivity contribution is 6.04. The first-order valence-electron chi connectivity index (χ1n) is 5.50. The lowest BCUT2D eigenvalue weighted by Crippen LogP contribution is -2.35. The number of nitrogens with zero attached hydrogens (tertiary/aromatic N) is 1. The van der Waals surface area contributed by atoms with Crippen LogP contribution in [0.3, 0.4) is 0 Å². The van der Waals surface area contributed by atoms with E-state index in [-0.39, 0.29) is 18.6 Å². The van der Waals surface area contributed by atoms with Crippen molar-refractivity contribution >= 4 is 11.6 Å². The normalized spacial score (nSPS) is 18.4. The number of aliphatic hydroxyl groups excluding tert-OH is 1. The smallest absolute Gasteiger partial charge is 0.248 e. The van der Waals surface area contributed by atoms with Crippen molar-refractivity contribution in [1.29, 1.82) is 0 Å². The van der Waals surface area contributed by atoms with E-state index in [1.54, 1.807) is 19.1 Å². The number of hydrogen-bond acceptors (Lipinski definition) is 4. The number of β-amino-alcohol motifs (C(OH)–C–C–N with tert-alkyl or cyclic N) is 1. The maximum Gasteiger partial charge on any atom is 0.248 e. The number of carbonyl (C=O) groups excluding carboxylic acids is 1. The average Bonchev–Trinajstić information content (AvgIpc) is 2.62. The van der Waals surface area contributed by atoms with Gasteiger partial charge in [-0.3, -0.25) is 4.79 Å². The molecule has 17 heavy (non-hydrogen) atoms. The van der Waals surface area contributed by atoms with Gasteiger partial charge in [0.25, 0.3) is 0 Å². The molecule has 5 nitrogen and oxygen atoms in total. The summed E-state index contributed by atoms with van der Waals surface area (Å²) in [5.74, 6) is 0.687. The standard InChI is InChI=1S/C12H16N2O3/c1-13-11-9-7-8(17-2)3-4-10(9)14(5-6-15)12(11)16/h3-4,7,11,13,15H,5-6H2,1-2H3. The highest BCUT2D eigenvalue weighted by Crippen LogP contribution is 2.37. The molecule has 1 unspecified atom stereocenters. The first kappa shape index (κ1) is 11.9. The van der Waals surface area contributed by atoms with Crippen LogP contribution in [0.1, 0.15) is 11.6 Å². The molecule has 1 aliphatic heterocycles. The monoisotopic (exact) mass is 236 g/mol. The molecule has 0 saturated carbocycles. The van der Waals surface area contributed by atoms with Gasteiger partial charge in [0.2, 0.25) is 5.91 Å². The molecule has 0 saturated heterocycles. The number of hydrogen-bond donors (Lipinski definition) is 2. The summed E-state index contributed by atoms with van der Waals surface area (Å²) in [6, 6.07) is 5.16. The molecule has 0 aliphatic carbocycles. The van der Waals surface area contributed by atoms with E-state index < -0.39 is 0 Å². The molecule has 1 aliphatic rings. The Morgan fingerprint density at radius 2 is 2.29 bits per heavy atom. The molecule has 2 N–H and O–H groups in total. The Kier molecular flexibility index (Phi) is 3.31. The highest BCUT2D eigenvalue weighted by Gasteiger charge is 2.36. The molecule has 0 fully saturated rings. The van der Waals surface area contributed by atoms with Gasteiger partial charge in [0.15, 0.2) is 0 Å². The van der Waals surface area contributed by atoms with Gasteiger partial charge in [-0.25, -0.2) is 0 Å². The van der Waals surface area contributed by atoms with Crippen LogP contribution in [0, 0.1) is 0 Å². The highest BCUT2D eigenvalue weighted by atomic mass is 16.5. The lowest BCUT2D eigenvalue weighted by atomic mass is 10.1. The van der Waals surface area contributed by atoms with Crippen LogP contribution in [-0.2, 0) is 4.79 Å². The van der Waals surface area contributed by atoms with Gasteiger partial charge in [0.05, 0.1) is 13.7 Å². The van der Waals surface area contributed by atoms with Crippen molar-refractivity contribution in [3.8, 4) is 5.75 Å². The summed E-state index contributed by atoms with van der Waals surface area (Å²) < 4.78 is 5.16. The minimum atomic E-state index is -0.355. The van der Waals surface area contributed by atoms with Gasteiger partial charge < -0.3 is 20.1 Å². The second kappa shape index (κ2) is 4.73. The molecule has 0 aromatic heterocycles. The fourth-order valence-electron chi connectivity index (χ4n) is 2.15. The summed E-state index contributed by atoms with van der Waals surface area (Å²) in [6.45, 7) is 0.268. The van der Waals surface area contributed by atoms with E-state index in [2.05, 4.69) is 5.32 Å². The Balaban J connectivity index is 2.44. The zero-order chi connectivity index (χ0) is 12.4. The van der Waals surface area contributed by atoms with Crippen molar-refractivity contribution in [3.63, 3.8) is 0 Å². The zero-order valence-electron chi connectivity index (χ0n) is 9.93. The number of methoxy groups -OCH3 is 1. The quantitative estimate of drug-likeness (QED) is 0.789. The maximum absolute atomic E-state index is 12.1. The molecule has 1 atom stereocenters. The Bertz CT molecular complexity index is 434. The van der Waals surface area contributed by atoms with Crippen LogP contribution >= 0.6 is 0 Å². The number of rotatable bonds is 4. The zero-order valence-corrected chi connectivity index (χ0v) is 9.93. The SMILES string of the molecule is CNC1C(=O)N(CCO)c2ccc(OC)cc21. The number of carbonyl (C=O) groups is 1. The van der Waals surface area contributed by atoms with Gasteiger partial charge in [-0.1, -0.05) is 0 Å². The first-order valence-corrected chi connectivity index (χ1v) is 5.50. The van der Waals surface area contributed by atoms with Gasteiger partial charge in [-0.15, -0.1) is 0 Å². The van der Waals surface area contributed by atoms with Crippen LogP contribution in [0.5, 0.6) is 5.75 Å². The lowest BCUT2D eigenvalue weighted by Gasteiger charge is -2.16. The fraction of sp³-hybridized carbons (Fsp3) is 0.417. The third-order valence-electron chi connectivity index (χ3n) is 2.96. The van der Waals surface area contributed by atoms with Crippen LogP contribution in [0.25, 0.3) is 0 Å². The summed E-state index contributed by atoms with van der Waals surface area (Å²) in [7, 11) is 3.34. The van der Waals surface area contributed by atoms with E-state index in [4.69, 9.17) is 9.84 Å². The molecule has 1 aromatic carbocycles. The summed E-state index contributed by atoms with van der Waals surface area (Å²) in [5, 5.41) is 12.0. The molecule has 92 valence electrons. The topological polar surface area (TPSA) is 61.8 Å². The van der Waals surface area contributed by atoms with Crippen LogP contribution in [0.2, 0.25) is 0 Å². The number of aliphatic hydroxyl groups is 1. The van der Waals surface area contributed by atoms with Gasteiger partial charge in [0.1, 0.15) is 11.8 Å². The van der Waals surface area contributed by atoms with Gasteiger partial charge in [-0.05, 0) is 25.2 Å². The summed E-state index contributed by atoms with van der Waals surface area (Å²) >= 11 is 0. The van der Waals surface area contributed by atoms with Gasteiger partial charge in [-0.2, -0.15) is 0 Å². The lowest BCUT2D eigenvalue weighted by molar-refractivity contribution is -0.120. The molecule has 1 amide bonds. The largest absolute Gasteiger partial charge is 0.497 e. The number of benzene rings is 1. The fourth-order valence-corrected chi connectivity index (χ4v) is 2.15. The molecule has 1 heterocycles. The average molecular weight is 236 g/mol. The van der Waals surface area contributed by atoms with Crippen molar-refractivity contribution in [2.75, 3.05) is 32.2 Å². The van der Waals surface area contributed by atoms with Crippen LogP contribution in [-0.4, -0.2) is 38.3 Å². The molecule has 2 rings (SSSR count). The van der Waals surface area contributed by atoms with Crippen LogP contribution in [0.15, 0.2) is 18.2 Å². The molecule has 0 bridgehead atoms. The second-order valence-corrected chi connectivity index (χ2v) is 3.86. The van der Waals surface area contributed by atoms with E-state index in [0.29, 0.717) is 6.54 Å². The predicted molar refractivity (Wildman–Crippen MR) is 64.2 cm³/mol. The minimum Gasteiger partial charge on any atom is -0.497 e. The molecular weight excluding hydrogens is 220 g/mol.